The van der Waals surface area contributed by atoms with Gasteiger partial charge >= 0.3 is 0 Å². The van der Waals surface area contributed by atoms with Crippen LogP contribution in [0.15, 0.2) is 0 Å². The van der Waals surface area contributed by atoms with Crippen molar-refractivity contribution in [3.8, 4) is 0 Å². The van der Waals surface area contributed by atoms with E-state index in [1.807, 2.05) is 0 Å². The predicted molar refractivity (Wildman–Crippen MR) is 46.6 cm³/mol. The van der Waals surface area contributed by atoms with Crippen LogP contribution in [0.1, 0.15) is 26.2 Å². The Labute approximate surface area is 68.7 Å². The van der Waals surface area contributed by atoms with Crippen LogP contribution in [-0.4, -0.2) is 25.2 Å². The summed E-state index contributed by atoms with van der Waals surface area (Å²) in [4.78, 5) is 0. The SMILES string of the molecule is CC1CCNC2CCCNC12. The Hall–Kier alpha value is -0.0800. The molecule has 0 bridgehead atoms. The molecule has 0 aliphatic carbocycles. The maximum Gasteiger partial charge on any atom is 0.0247 e. The standard InChI is InChI=1S/C9H18N2/c1-7-4-6-10-8-3-2-5-11-9(7)8/h7-11H,2-6H2,1H3. The summed E-state index contributed by atoms with van der Waals surface area (Å²) < 4.78 is 0. The molecular formula is C9H18N2. The van der Waals surface area contributed by atoms with E-state index in [0.717, 1.165) is 18.0 Å². The zero-order valence-electron chi connectivity index (χ0n) is 7.27. The minimum atomic E-state index is 0.762. The average Bonchev–Trinajstić information content (AvgIpc) is 2.06. The van der Waals surface area contributed by atoms with Crippen molar-refractivity contribution in [2.75, 3.05) is 13.1 Å². The van der Waals surface area contributed by atoms with Gasteiger partial charge in [-0.3, -0.25) is 0 Å². The Morgan fingerprint density at radius 1 is 1.09 bits per heavy atom. The summed E-state index contributed by atoms with van der Waals surface area (Å²) >= 11 is 0. The summed E-state index contributed by atoms with van der Waals surface area (Å²) in [5, 5.41) is 7.20. The molecule has 64 valence electrons. The summed E-state index contributed by atoms with van der Waals surface area (Å²) in [5.74, 6) is 0.876. The smallest absolute Gasteiger partial charge is 0.0247 e. The van der Waals surface area contributed by atoms with Crippen LogP contribution in [0.5, 0.6) is 0 Å². The highest BCUT2D eigenvalue weighted by Gasteiger charge is 2.31. The zero-order valence-corrected chi connectivity index (χ0v) is 7.27. The van der Waals surface area contributed by atoms with Crippen LogP contribution in [0, 0.1) is 5.92 Å². The monoisotopic (exact) mass is 154 g/mol. The van der Waals surface area contributed by atoms with Crippen LogP contribution < -0.4 is 10.6 Å². The van der Waals surface area contributed by atoms with Crippen molar-refractivity contribution in [1.29, 1.82) is 0 Å². The van der Waals surface area contributed by atoms with Crippen molar-refractivity contribution >= 4 is 0 Å². The molecule has 2 nitrogen and oxygen atoms in total. The Balaban J connectivity index is 1.99. The molecule has 2 saturated heterocycles. The van der Waals surface area contributed by atoms with E-state index in [1.54, 1.807) is 0 Å². The molecule has 3 atom stereocenters. The first-order chi connectivity index (χ1) is 5.38. The van der Waals surface area contributed by atoms with Gasteiger partial charge in [0.05, 0.1) is 0 Å². The number of rotatable bonds is 0. The minimum absolute atomic E-state index is 0.762. The average molecular weight is 154 g/mol. The third-order valence-corrected chi connectivity index (χ3v) is 3.12. The van der Waals surface area contributed by atoms with E-state index in [0.29, 0.717) is 0 Å². The number of nitrogens with one attached hydrogen (secondary N) is 2. The largest absolute Gasteiger partial charge is 0.312 e. The fourth-order valence-corrected chi connectivity index (χ4v) is 2.42. The highest BCUT2D eigenvalue weighted by atomic mass is 15.1. The van der Waals surface area contributed by atoms with Crippen LogP contribution in [0.2, 0.25) is 0 Å². The lowest BCUT2D eigenvalue weighted by Gasteiger charge is -2.41. The van der Waals surface area contributed by atoms with Gasteiger partial charge in [-0.25, -0.2) is 0 Å². The van der Waals surface area contributed by atoms with Crippen LogP contribution in [0.25, 0.3) is 0 Å². The second kappa shape index (κ2) is 3.11. The quantitative estimate of drug-likeness (QED) is 0.537. The molecule has 0 aromatic heterocycles. The summed E-state index contributed by atoms with van der Waals surface area (Å²) in [6, 6.07) is 1.53. The van der Waals surface area contributed by atoms with Gasteiger partial charge in [-0.2, -0.15) is 0 Å². The van der Waals surface area contributed by atoms with Crippen LogP contribution >= 0.6 is 0 Å². The highest BCUT2D eigenvalue weighted by Crippen LogP contribution is 2.21. The second-order valence-corrected chi connectivity index (χ2v) is 3.95. The van der Waals surface area contributed by atoms with Gasteiger partial charge in [0, 0.05) is 12.1 Å². The summed E-state index contributed by atoms with van der Waals surface area (Å²) in [5.41, 5.74) is 0. The molecular weight excluding hydrogens is 136 g/mol. The van der Waals surface area contributed by atoms with Crippen LogP contribution in [0.3, 0.4) is 0 Å². The number of hydrogen-bond donors (Lipinski definition) is 2. The van der Waals surface area contributed by atoms with Gasteiger partial charge in [-0.05, 0) is 38.3 Å². The van der Waals surface area contributed by atoms with E-state index < -0.39 is 0 Å². The van der Waals surface area contributed by atoms with Gasteiger partial charge in [-0.1, -0.05) is 6.92 Å². The van der Waals surface area contributed by atoms with Gasteiger partial charge in [-0.15, -0.1) is 0 Å². The molecule has 2 heterocycles. The van der Waals surface area contributed by atoms with E-state index in [4.69, 9.17) is 0 Å². The van der Waals surface area contributed by atoms with E-state index in [9.17, 15) is 0 Å². The molecule has 3 unspecified atom stereocenters. The molecule has 11 heavy (non-hydrogen) atoms. The lowest BCUT2D eigenvalue weighted by atomic mass is 9.84. The first-order valence-electron chi connectivity index (χ1n) is 4.84. The van der Waals surface area contributed by atoms with Crippen molar-refractivity contribution in [1.82, 2.24) is 10.6 Å². The maximum atomic E-state index is 3.61. The molecule has 2 aliphatic heterocycles. The minimum Gasteiger partial charge on any atom is -0.312 e. The fraction of sp³-hybridized carbons (Fsp3) is 1.00. The molecule has 0 radical (unpaired) electrons. The van der Waals surface area contributed by atoms with E-state index in [2.05, 4.69) is 17.6 Å². The van der Waals surface area contributed by atoms with Crippen LogP contribution in [-0.2, 0) is 0 Å². The number of hydrogen-bond acceptors (Lipinski definition) is 2. The highest BCUT2D eigenvalue weighted by molar-refractivity contribution is 4.93. The molecule has 2 heteroatoms. The van der Waals surface area contributed by atoms with Gasteiger partial charge in [0.15, 0.2) is 0 Å². The Kier molecular flexibility index (Phi) is 2.14. The zero-order chi connectivity index (χ0) is 7.68. The molecule has 0 aromatic rings. The Morgan fingerprint density at radius 3 is 2.82 bits per heavy atom. The van der Waals surface area contributed by atoms with Crippen molar-refractivity contribution in [2.45, 2.75) is 38.3 Å². The molecule has 0 spiro atoms. The lowest BCUT2D eigenvalue weighted by Crippen LogP contribution is -2.58. The summed E-state index contributed by atoms with van der Waals surface area (Å²) in [7, 11) is 0. The molecule has 0 saturated carbocycles. The molecule has 0 aromatic carbocycles. The maximum absolute atomic E-state index is 3.61. The first kappa shape index (κ1) is 7.56. The second-order valence-electron chi connectivity index (χ2n) is 3.95. The van der Waals surface area contributed by atoms with Crippen molar-refractivity contribution in [3.05, 3.63) is 0 Å². The fourth-order valence-electron chi connectivity index (χ4n) is 2.42. The number of fused-ring (bicyclic) bond motifs is 1. The van der Waals surface area contributed by atoms with Gasteiger partial charge in [0.2, 0.25) is 0 Å². The molecule has 0 amide bonds. The molecule has 2 rings (SSSR count). The van der Waals surface area contributed by atoms with E-state index >= 15 is 0 Å². The summed E-state index contributed by atoms with van der Waals surface area (Å²) in [6.45, 7) is 4.83. The molecule has 2 aliphatic rings. The van der Waals surface area contributed by atoms with E-state index in [1.165, 1.54) is 32.4 Å². The van der Waals surface area contributed by atoms with Crippen LogP contribution in [0.4, 0.5) is 0 Å². The van der Waals surface area contributed by atoms with Crippen molar-refractivity contribution in [2.24, 2.45) is 5.92 Å². The molecule has 2 fully saturated rings. The van der Waals surface area contributed by atoms with Gasteiger partial charge in [0.1, 0.15) is 0 Å². The number of piperidine rings is 2. The van der Waals surface area contributed by atoms with Crippen molar-refractivity contribution < 1.29 is 0 Å². The van der Waals surface area contributed by atoms with E-state index in [-0.39, 0.29) is 0 Å². The molecule has 2 N–H and O–H groups in total. The lowest BCUT2D eigenvalue weighted by molar-refractivity contribution is 0.192. The summed E-state index contributed by atoms with van der Waals surface area (Å²) in [6.07, 6.45) is 4.07. The first-order valence-corrected chi connectivity index (χ1v) is 4.84. The Morgan fingerprint density at radius 2 is 2.00 bits per heavy atom. The third kappa shape index (κ3) is 1.42. The normalized spacial score (nSPS) is 45.0. The third-order valence-electron chi connectivity index (χ3n) is 3.12. The topological polar surface area (TPSA) is 24.1 Å². The van der Waals surface area contributed by atoms with Crippen molar-refractivity contribution in [3.63, 3.8) is 0 Å². The van der Waals surface area contributed by atoms with Gasteiger partial charge in [0.25, 0.3) is 0 Å². The van der Waals surface area contributed by atoms with Gasteiger partial charge < -0.3 is 10.6 Å². The predicted octanol–water partition coefficient (Wildman–Crippen LogP) is 0.736. The Bertz CT molecular complexity index is 134.